The lowest BCUT2D eigenvalue weighted by Crippen LogP contribution is -2.31. The summed E-state index contributed by atoms with van der Waals surface area (Å²) in [5.74, 6) is 2.26. The topological polar surface area (TPSA) is 33.2 Å². The zero-order valence-electron chi connectivity index (χ0n) is 9.33. The fourth-order valence-corrected chi connectivity index (χ4v) is 1.58. The lowest BCUT2D eigenvalue weighted by Gasteiger charge is -2.18. The van der Waals surface area contributed by atoms with Crippen LogP contribution >= 0.6 is 11.6 Å². The van der Waals surface area contributed by atoms with E-state index in [1.54, 1.807) is 6.07 Å². The molecule has 84 valence electrons. The Hall–Kier alpha value is -1.53. The van der Waals surface area contributed by atoms with E-state index in [1.165, 1.54) is 11.1 Å². The molecule has 0 spiro atoms. The van der Waals surface area contributed by atoms with Gasteiger partial charge < -0.3 is 4.90 Å². The van der Waals surface area contributed by atoms with Crippen molar-refractivity contribution in [2.45, 2.75) is 13.8 Å². The third kappa shape index (κ3) is 2.74. The Balaban J connectivity index is 3.00. The highest BCUT2D eigenvalue weighted by Crippen LogP contribution is 2.17. The zero-order valence-corrected chi connectivity index (χ0v) is 10.1. The van der Waals surface area contributed by atoms with E-state index in [4.69, 9.17) is 18.0 Å². The predicted molar refractivity (Wildman–Crippen MR) is 64.4 cm³/mol. The van der Waals surface area contributed by atoms with Crippen LogP contribution < -0.4 is 0 Å². The molecule has 0 aliphatic carbocycles. The molecule has 1 rings (SSSR count). The Morgan fingerprint density at radius 1 is 1.69 bits per heavy atom. The maximum Gasteiger partial charge on any atom is 0.257 e. The van der Waals surface area contributed by atoms with Crippen molar-refractivity contribution in [3.05, 3.63) is 28.5 Å². The maximum atomic E-state index is 12.0. The average molecular weight is 237 g/mol. The van der Waals surface area contributed by atoms with Crippen LogP contribution in [-0.2, 0) is 0 Å². The van der Waals surface area contributed by atoms with Gasteiger partial charge in [0.15, 0.2) is 0 Å². The maximum absolute atomic E-state index is 12.0. The van der Waals surface area contributed by atoms with Crippen molar-refractivity contribution >= 4 is 17.5 Å². The van der Waals surface area contributed by atoms with Crippen molar-refractivity contribution in [1.29, 1.82) is 0 Å². The Bertz CT molecular complexity index is 437. The SMILES string of the molecule is C#CCN(CC)C(=O)c1cnc(C)cc1Cl. The van der Waals surface area contributed by atoms with E-state index in [9.17, 15) is 4.79 Å². The minimum absolute atomic E-state index is 0.182. The molecular formula is C12H13ClN2O. The number of halogens is 1. The van der Waals surface area contributed by atoms with E-state index in [-0.39, 0.29) is 12.5 Å². The van der Waals surface area contributed by atoms with Crippen molar-refractivity contribution < 1.29 is 4.79 Å². The minimum Gasteiger partial charge on any atom is -0.328 e. The fourth-order valence-electron chi connectivity index (χ4n) is 1.29. The summed E-state index contributed by atoms with van der Waals surface area (Å²) in [6.07, 6.45) is 6.68. The minimum atomic E-state index is -0.182. The molecule has 0 radical (unpaired) electrons. The number of aromatic nitrogens is 1. The second-order valence-corrected chi connectivity index (χ2v) is 3.74. The van der Waals surface area contributed by atoms with Gasteiger partial charge in [-0.15, -0.1) is 6.42 Å². The molecule has 4 heteroatoms. The molecule has 1 heterocycles. The summed E-state index contributed by atoms with van der Waals surface area (Å²) in [4.78, 5) is 17.6. The van der Waals surface area contributed by atoms with Crippen LogP contribution in [0.15, 0.2) is 12.3 Å². The first-order valence-electron chi connectivity index (χ1n) is 4.95. The van der Waals surface area contributed by atoms with Crippen LogP contribution in [0.1, 0.15) is 23.0 Å². The molecular weight excluding hydrogens is 224 g/mol. The summed E-state index contributed by atoms with van der Waals surface area (Å²) in [7, 11) is 0. The number of hydrogen-bond donors (Lipinski definition) is 0. The Morgan fingerprint density at radius 2 is 2.38 bits per heavy atom. The van der Waals surface area contributed by atoms with Gasteiger partial charge in [0.05, 0.1) is 17.1 Å². The quantitative estimate of drug-likeness (QED) is 0.754. The highest BCUT2D eigenvalue weighted by Gasteiger charge is 2.16. The molecule has 0 aliphatic rings. The van der Waals surface area contributed by atoms with Gasteiger partial charge >= 0.3 is 0 Å². The summed E-state index contributed by atoms with van der Waals surface area (Å²) in [5.41, 5.74) is 1.17. The summed E-state index contributed by atoms with van der Waals surface area (Å²) in [6, 6.07) is 1.67. The first kappa shape index (κ1) is 12.5. The van der Waals surface area contributed by atoms with Gasteiger partial charge in [-0.2, -0.15) is 0 Å². The van der Waals surface area contributed by atoms with Crippen LogP contribution in [0, 0.1) is 19.3 Å². The number of aryl methyl sites for hydroxylation is 1. The standard InChI is InChI=1S/C12H13ClN2O/c1-4-6-15(5-2)12(16)10-8-14-9(3)7-11(10)13/h1,7-8H,5-6H2,2-3H3. The monoisotopic (exact) mass is 236 g/mol. The van der Waals surface area contributed by atoms with Gasteiger partial charge in [0.1, 0.15) is 0 Å². The van der Waals surface area contributed by atoms with Crippen LogP contribution in [0.2, 0.25) is 5.02 Å². The number of amides is 1. The van der Waals surface area contributed by atoms with Crippen LogP contribution in [0.25, 0.3) is 0 Å². The lowest BCUT2D eigenvalue weighted by molar-refractivity contribution is 0.0784. The second kappa shape index (κ2) is 5.53. The largest absolute Gasteiger partial charge is 0.328 e. The van der Waals surface area contributed by atoms with Gasteiger partial charge in [-0.1, -0.05) is 17.5 Å². The van der Waals surface area contributed by atoms with E-state index in [0.717, 1.165) is 5.69 Å². The molecule has 0 unspecified atom stereocenters. The molecule has 1 amide bonds. The normalized spacial score (nSPS) is 9.62. The molecule has 1 aromatic rings. The van der Waals surface area contributed by atoms with Crippen molar-refractivity contribution in [1.82, 2.24) is 9.88 Å². The average Bonchev–Trinajstić information content (AvgIpc) is 2.25. The van der Waals surface area contributed by atoms with Crippen molar-refractivity contribution in [2.24, 2.45) is 0 Å². The molecule has 16 heavy (non-hydrogen) atoms. The summed E-state index contributed by atoms with van der Waals surface area (Å²) < 4.78 is 0. The number of nitrogens with zero attached hydrogens (tertiary/aromatic N) is 2. The molecule has 1 aromatic heterocycles. The van der Waals surface area contributed by atoms with Gasteiger partial charge in [0.25, 0.3) is 5.91 Å². The molecule has 3 nitrogen and oxygen atoms in total. The Labute approximate surface area is 100 Å². The van der Waals surface area contributed by atoms with Crippen LogP contribution in [-0.4, -0.2) is 28.9 Å². The molecule has 0 fully saturated rings. The molecule has 0 bridgehead atoms. The number of carbonyl (C=O) groups is 1. The van der Waals surface area contributed by atoms with Crippen molar-refractivity contribution in [3.63, 3.8) is 0 Å². The molecule has 0 atom stereocenters. The summed E-state index contributed by atoms with van der Waals surface area (Å²) >= 11 is 5.99. The van der Waals surface area contributed by atoms with E-state index in [1.807, 2.05) is 13.8 Å². The summed E-state index contributed by atoms with van der Waals surface area (Å²) in [6.45, 7) is 4.51. The van der Waals surface area contributed by atoms with Gasteiger partial charge in [-0.25, -0.2) is 0 Å². The smallest absolute Gasteiger partial charge is 0.257 e. The lowest BCUT2D eigenvalue weighted by atomic mass is 10.2. The van der Waals surface area contributed by atoms with E-state index < -0.39 is 0 Å². The van der Waals surface area contributed by atoms with Gasteiger partial charge in [-0.3, -0.25) is 9.78 Å². The molecule has 0 saturated heterocycles. The van der Waals surface area contributed by atoms with Crippen LogP contribution in [0.3, 0.4) is 0 Å². The third-order valence-electron chi connectivity index (χ3n) is 2.17. The van der Waals surface area contributed by atoms with Crippen molar-refractivity contribution in [3.8, 4) is 12.3 Å². The Kier molecular flexibility index (Phi) is 4.33. The van der Waals surface area contributed by atoms with Crippen LogP contribution in [0.4, 0.5) is 0 Å². The molecule has 0 saturated carbocycles. The Morgan fingerprint density at radius 3 is 2.88 bits per heavy atom. The molecule has 0 N–H and O–H groups in total. The van der Waals surface area contributed by atoms with Gasteiger partial charge in [-0.05, 0) is 19.9 Å². The number of terminal acetylenes is 1. The number of carbonyl (C=O) groups excluding carboxylic acids is 1. The first-order chi connectivity index (χ1) is 7.60. The highest BCUT2D eigenvalue weighted by molar-refractivity contribution is 6.33. The van der Waals surface area contributed by atoms with Gasteiger partial charge in [0.2, 0.25) is 0 Å². The van der Waals surface area contributed by atoms with Gasteiger partial charge in [0, 0.05) is 18.4 Å². The predicted octanol–water partition coefficient (Wildman–Crippen LogP) is 2.14. The van der Waals surface area contributed by atoms with E-state index >= 15 is 0 Å². The first-order valence-corrected chi connectivity index (χ1v) is 5.32. The number of hydrogen-bond acceptors (Lipinski definition) is 2. The fraction of sp³-hybridized carbons (Fsp3) is 0.333. The molecule has 0 aliphatic heterocycles. The van der Waals surface area contributed by atoms with E-state index in [0.29, 0.717) is 17.1 Å². The zero-order chi connectivity index (χ0) is 12.1. The molecule has 0 aromatic carbocycles. The number of pyridine rings is 1. The second-order valence-electron chi connectivity index (χ2n) is 3.33. The highest BCUT2D eigenvalue weighted by atomic mass is 35.5. The van der Waals surface area contributed by atoms with Crippen molar-refractivity contribution in [2.75, 3.05) is 13.1 Å². The van der Waals surface area contributed by atoms with E-state index in [2.05, 4.69) is 10.9 Å². The summed E-state index contributed by atoms with van der Waals surface area (Å²) in [5, 5.41) is 0.410. The van der Waals surface area contributed by atoms with Crippen LogP contribution in [0.5, 0.6) is 0 Å². The third-order valence-corrected chi connectivity index (χ3v) is 2.48. The number of rotatable bonds is 3.